The van der Waals surface area contributed by atoms with Gasteiger partial charge in [0.25, 0.3) is 0 Å². The molecule has 1 aliphatic heterocycles. The molecule has 4 nitrogen and oxygen atoms in total. The zero-order valence-electron chi connectivity index (χ0n) is 11.1. The minimum Gasteiger partial charge on any atom is -0.328 e. The number of likely N-dealkylation sites (tertiary alicyclic amines) is 1. The van der Waals surface area contributed by atoms with Crippen LogP contribution in [-0.4, -0.2) is 29.6 Å². The molecule has 3 N–H and O–H groups in total. The lowest BCUT2D eigenvalue weighted by Crippen LogP contribution is -2.53. The SMILES string of the molecule is CC1CCCC(CN)N1C(=O)Nc1ccccc1Cl. The lowest BCUT2D eigenvalue weighted by Gasteiger charge is -2.40. The first-order chi connectivity index (χ1) is 9.13. The van der Waals surface area contributed by atoms with Crippen molar-refractivity contribution in [1.82, 2.24) is 4.90 Å². The van der Waals surface area contributed by atoms with E-state index >= 15 is 0 Å². The first-order valence-electron chi connectivity index (χ1n) is 6.67. The molecule has 1 saturated heterocycles. The minimum atomic E-state index is -0.115. The second-order valence-corrected chi connectivity index (χ2v) is 5.39. The quantitative estimate of drug-likeness (QED) is 0.875. The van der Waals surface area contributed by atoms with Gasteiger partial charge in [-0.25, -0.2) is 4.79 Å². The fourth-order valence-corrected chi connectivity index (χ4v) is 2.81. The van der Waals surface area contributed by atoms with Crippen molar-refractivity contribution < 1.29 is 4.79 Å². The highest BCUT2D eigenvalue weighted by molar-refractivity contribution is 6.33. The molecule has 1 aliphatic rings. The van der Waals surface area contributed by atoms with E-state index in [1.807, 2.05) is 17.0 Å². The van der Waals surface area contributed by atoms with Crippen LogP contribution in [0.25, 0.3) is 0 Å². The number of carbonyl (C=O) groups excluding carboxylic acids is 1. The fourth-order valence-electron chi connectivity index (χ4n) is 2.63. The smallest absolute Gasteiger partial charge is 0.322 e. The number of nitrogens with zero attached hydrogens (tertiary/aromatic N) is 1. The number of piperidine rings is 1. The van der Waals surface area contributed by atoms with Crippen molar-refractivity contribution in [3.63, 3.8) is 0 Å². The lowest BCUT2D eigenvalue weighted by molar-refractivity contribution is 0.128. The van der Waals surface area contributed by atoms with Gasteiger partial charge in [-0.05, 0) is 38.3 Å². The fraction of sp³-hybridized carbons (Fsp3) is 0.500. The lowest BCUT2D eigenvalue weighted by atomic mass is 9.97. The van der Waals surface area contributed by atoms with Crippen molar-refractivity contribution in [3.8, 4) is 0 Å². The summed E-state index contributed by atoms with van der Waals surface area (Å²) in [4.78, 5) is 14.3. The average Bonchev–Trinajstić information content (AvgIpc) is 2.40. The maximum atomic E-state index is 12.4. The monoisotopic (exact) mass is 281 g/mol. The molecule has 0 bridgehead atoms. The Morgan fingerprint density at radius 3 is 2.89 bits per heavy atom. The maximum absolute atomic E-state index is 12.4. The molecule has 1 fully saturated rings. The molecular weight excluding hydrogens is 262 g/mol. The Morgan fingerprint density at radius 2 is 2.21 bits per heavy atom. The number of benzene rings is 1. The molecule has 1 aromatic carbocycles. The topological polar surface area (TPSA) is 58.4 Å². The van der Waals surface area contributed by atoms with E-state index in [-0.39, 0.29) is 18.1 Å². The summed E-state index contributed by atoms with van der Waals surface area (Å²) in [6, 6.07) is 7.46. The van der Waals surface area contributed by atoms with Gasteiger partial charge in [0.1, 0.15) is 0 Å². The molecule has 0 saturated carbocycles. The number of anilines is 1. The van der Waals surface area contributed by atoms with Crippen molar-refractivity contribution in [2.45, 2.75) is 38.3 Å². The second kappa shape index (κ2) is 6.26. The Bertz CT molecular complexity index is 452. The van der Waals surface area contributed by atoms with Gasteiger partial charge in [-0.2, -0.15) is 0 Å². The zero-order valence-corrected chi connectivity index (χ0v) is 11.9. The van der Waals surface area contributed by atoms with Crippen LogP contribution < -0.4 is 11.1 Å². The summed E-state index contributed by atoms with van der Waals surface area (Å²) in [5, 5.41) is 3.42. The molecule has 2 amide bonds. The van der Waals surface area contributed by atoms with E-state index in [0.717, 1.165) is 19.3 Å². The number of hydrogen-bond acceptors (Lipinski definition) is 2. The van der Waals surface area contributed by atoms with Crippen LogP contribution in [0, 0.1) is 0 Å². The zero-order chi connectivity index (χ0) is 13.8. The molecule has 1 aromatic rings. The number of hydrogen-bond donors (Lipinski definition) is 2. The second-order valence-electron chi connectivity index (χ2n) is 4.99. The van der Waals surface area contributed by atoms with Crippen LogP contribution in [0.4, 0.5) is 10.5 Å². The van der Waals surface area contributed by atoms with E-state index < -0.39 is 0 Å². The Kier molecular flexibility index (Phi) is 4.66. The third kappa shape index (κ3) is 3.19. The van der Waals surface area contributed by atoms with Crippen molar-refractivity contribution in [2.24, 2.45) is 5.73 Å². The summed E-state index contributed by atoms with van der Waals surface area (Å²) in [5.41, 5.74) is 6.41. The molecule has 0 aliphatic carbocycles. The minimum absolute atomic E-state index is 0.115. The summed E-state index contributed by atoms with van der Waals surface area (Å²) in [6.45, 7) is 2.56. The number of carbonyl (C=O) groups is 1. The molecule has 104 valence electrons. The first-order valence-corrected chi connectivity index (χ1v) is 7.05. The Balaban J connectivity index is 2.11. The normalized spacial score (nSPS) is 23.2. The highest BCUT2D eigenvalue weighted by Crippen LogP contribution is 2.25. The van der Waals surface area contributed by atoms with Crippen LogP contribution in [0.2, 0.25) is 5.02 Å². The average molecular weight is 282 g/mol. The number of halogens is 1. The summed E-state index contributed by atoms with van der Waals surface area (Å²) < 4.78 is 0. The molecule has 19 heavy (non-hydrogen) atoms. The summed E-state index contributed by atoms with van der Waals surface area (Å²) in [6.07, 6.45) is 3.11. The highest BCUT2D eigenvalue weighted by atomic mass is 35.5. The van der Waals surface area contributed by atoms with E-state index in [1.54, 1.807) is 12.1 Å². The third-order valence-corrected chi connectivity index (χ3v) is 3.98. The van der Waals surface area contributed by atoms with Crippen LogP contribution in [0.5, 0.6) is 0 Å². The van der Waals surface area contributed by atoms with Gasteiger partial charge < -0.3 is 16.0 Å². The van der Waals surface area contributed by atoms with E-state index in [4.69, 9.17) is 17.3 Å². The molecule has 0 spiro atoms. The van der Waals surface area contributed by atoms with Gasteiger partial charge in [0, 0.05) is 18.6 Å². The van der Waals surface area contributed by atoms with Crippen molar-refractivity contribution in [2.75, 3.05) is 11.9 Å². The van der Waals surface area contributed by atoms with Gasteiger partial charge >= 0.3 is 6.03 Å². The van der Waals surface area contributed by atoms with E-state index in [9.17, 15) is 4.79 Å². The Hall–Kier alpha value is -1.26. The number of nitrogens with one attached hydrogen (secondary N) is 1. The van der Waals surface area contributed by atoms with Crippen LogP contribution in [-0.2, 0) is 0 Å². The number of urea groups is 1. The summed E-state index contributed by atoms with van der Waals surface area (Å²) in [7, 11) is 0. The van der Waals surface area contributed by atoms with Gasteiger partial charge in [-0.1, -0.05) is 23.7 Å². The van der Waals surface area contributed by atoms with E-state index in [1.165, 1.54) is 0 Å². The first kappa shape index (κ1) is 14.2. The Morgan fingerprint density at radius 1 is 1.47 bits per heavy atom. The van der Waals surface area contributed by atoms with Crippen LogP contribution in [0.3, 0.4) is 0 Å². The number of amides is 2. The van der Waals surface area contributed by atoms with Crippen molar-refractivity contribution >= 4 is 23.3 Å². The van der Waals surface area contributed by atoms with Gasteiger partial charge in [0.05, 0.1) is 10.7 Å². The molecular formula is C14H20ClN3O. The van der Waals surface area contributed by atoms with Crippen molar-refractivity contribution in [3.05, 3.63) is 29.3 Å². The van der Waals surface area contributed by atoms with Gasteiger partial charge in [-0.3, -0.25) is 0 Å². The molecule has 0 radical (unpaired) electrons. The number of para-hydroxylation sites is 1. The summed E-state index contributed by atoms with van der Waals surface area (Å²) in [5.74, 6) is 0. The van der Waals surface area contributed by atoms with Crippen molar-refractivity contribution in [1.29, 1.82) is 0 Å². The molecule has 2 atom stereocenters. The maximum Gasteiger partial charge on any atom is 0.322 e. The molecule has 2 rings (SSSR count). The standard InChI is InChI=1S/C14H20ClN3O/c1-10-5-4-6-11(9-16)18(10)14(19)17-13-8-3-2-7-12(13)15/h2-3,7-8,10-11H,4-6,9,16H2,1H3,(H,17,19). The van der Waals surface area contributed by atoms with Crippen LogP contribution in [0.1, 0.15) is 26.2 Å². The van der Waals surface area contributed by atoms with Gasteiger partial charge in [0.2, 0.25) is 0 Å². The van der Waals surface area contributed by atoms with E-state index in [0.29, 0.717) is 17.3 Å². The molecule has 0 aromatic heterocycles. The highest BCUT2D eigenvalue weighted by Gasteiger charge is 2.31. The Labute approximate surface area is 118 Å². The number of rotatable bonds is 2. The number of nitrogens with two attached hydrogens (primary N) is 1. The van der Waals surface area contributed by atoms with Gasteiger partial charge in [-0.15, -0.1) is 0 Å². The largest absolute Gasteiger partial charge is 0.328 e. The molecule has 5 heteroatoms. The third-order valence-electron chi connectivity index (χ3n) is 3.65. The molecule has 2 unspecified atom stereocenters. The predicted molar refractivity (Wildman–Crippen MR) is 78.5 cm³/mol. The van der Waals surface area contributed by atoms with Crippen LogP contribution in [0.15, 0.2) is 24.3 Å². The van der Waals surface area contributed by atoms with Crippen LogP contribution >= 0.6 is 11.6 Å². The molecule has 1 heterocycles. The predicted octanol–water partition coefficient (Wildman–Crippen LogP) is 3.07. The summed E-state index contributed by atoms with van der Waals surface area (Å²) >= 11 is 6.06. The van der Waals surface area contributed by atoms with E-state index in [2.05, 4.69) is 12.2 Å². The van der Waals surface area contributed by atoms with Gasteiger partial charge in [0.15, 0.2) is 0 Å².